The number of hydrogen-bond donors (Lipinski definition) is 2. The van der Waals surface area contributed by atoms with Gasteiger partial charge in [0.25, 0.3) is 6.01 Å². The Bertz CT molecular complexity index is 1290. The fourth-order valence-electron chi connectivity index (χ4n) is 3.34. The van der Waals surface area contributed by atoms with Crippen LogP contribution in [0, 0.1) is 24.1 Å². The molecule has 0 saturated carbocycles. The van der Waals surface area contributed by atoms with Crippen LogP contribution in [0.2, 0.25) is 0 Å². The molecule has 1 heterocycles. The normalized spacial score (nSPS) is 11.4. The van der Waals surface area contributed by atoms with Crippen LogP contribution in [0.1, 0.15) is 22.6 Å². The van der Waals surface area contributed by atoms with Crippen LogP contribution in [-0.2, 0) is 4.79 Å². The van der Waals surface area contributed by atoms with Crippen LogP contribution < -0.4 is 10.6 Å². The van der Waals surface area contributed by atoms with E-state index >= 15 is 0 Å². The Balaban J connectivity index is 1.45. The summed E-state index contributed by atoms with van der Waals surface area (Å²) in [5.74, 6) is -0.147. The van der Waals surface area contributed by atoms with Gasteiger partial charge in [-0.15, -0.1) is 0 Å². The number of aryl methyl sites for hydroxylation is 1. The third-order valence-corrected chi connectivity index (χ3v) is 5.27. The SMILES string of the molecule is Cc1ccc(NCC(C=O)c2ccc(F)cc2)cc1Nc1ncc(-c2ccc(C#N)cc2)o1. The number of benzene rings is 3. The van der Waals surface area contributed by atoms with Gasteiger partial charge in [0, 0.05) is 23.5 Å². The minimum absolute atomic E-state index is 0.334. The summed E-state index contributed by atoms with van der Waals surface area (Å²) in [5.41, 5.74) is 4.76. The molecule has 2 N–H and O–H groups in total. The first-order valence-corrected chi connectivity index (χ1v) is 10.3. The van der Waals surface area contributed by atoms with E-state index in [-0.39, 0.29) is 5.82 Å². The fraction of sp³-hybridized carbons (Fsp3) is 0.115. The third kappa shape index (κ3) is 5.25. The highest BCUT2D eigenvalue weighted by molar-refractivity contribution is 5.68. The number of aromatic nitrogens is 1. The molecule has 3 aromatic carbocycles. The molecule has 0 fully saturated rings. The maximum absolute atomic E-state index is 13.2. The number of hydrogen-bond acceptors (Lipinski definition) is 6. The van der Waals surface area contributed by atoms with E-state index in [1.165, 1.54) is 12.1 Å². The van der Waals surface area contributed by atoms with Crippen molar-refractivity contribution in [3.63, 3.8) is 0 Å². The summed E-state index contributed by atoms with van der Waals surface area (Å²) in [6.07, 6.45) is 2.48. The lowest BCUT2D eigenvalue weighted by molar-refractivity contribution is -0.108. The molecule has 0 saturated heterocycles. The molecule has 4 rings (SSSR count). The molecule has 0 bridgehead atoms. The van der Waals surface area contributed by atoms with Gasteiger partial charge in [0.1, 0.15) is 12.1 Å². The smallest absolute Gasteiger partial charge is 0.299 e. The van der Waals surface area contributed by atoms with E-state index in [4.69, 9.17) is 9.68 Å². The Morgan fingerprint density at radius 1 is 1.12 bits per heavy atom. The number of anilines is 3. The van der Waals surface area contributed by atoms with Gasteiger partial charge in [-0.25, -0.2) is 9.37 Å². The van der Waals surface area contributed by atoms with E-state index < -0.39 is 5.92 Å². The molecule has 6 nitrogen and oxygen atoms in total. The second kappa shape index (κ2) is 9.79. The van der Waals surface area contributed by atoms with E-state index in [0.29, 0.717) is 23.9 Å². The van der Waals surface area contributed by atoms with Crippen molar-refractivity contribution in [3.8, 4) is 17.4 Å². The van der Waals surface area contributed by atoms with Crippen molar-refractivity contribution in [1.29, 1.82) is 5.26 Å². The summed E-state index contributed by atoms with van der Waals surface area (Å²) in [6.45, 7) is 2.34. The number of carbonyl (C=O) groups excluding carboxylic acids is 1. The number of nitriles is 1. The lowest BCUT2D eigenvalue weighted by atomic mass is 10.0. The molecule has 0 aliphatic carbocycles. The summed E-state index contributed by atoms with van der Waals surface area (Å²) in [4.78, 5) is 15.8. The van der Waals surface area contributed by atoms with Crippen LogP contribution in [0.4, 0.5) is 21.8 Å². The summed E-state index contributed by atoms with van der Waals surface area (Å²) in [5, 5.41) is 15.4. The minimum Gasteiger partial charge on any atom is -0.423 e. The fourth-order valence-corrected chi connectivity index (χ4v) is 3.34. The summed E-state index contributed by atoms with van der Waals surface area (Å²) in [6, 6.07) is 21.2. The van der Waals surface area contributed by atoms with E-state index in [1.54, 1.807) is 30.5 Å². The largest absolute Gasteiger partial charge is 0.423 e. The van der Waals surface area contributed by atoms with Crippen molar-refractivity contribution in [3.05, 3.63) is 95.4 Å². The van der Waals surface area contributed by atoms with Gasteiger partial charge >= 0.3 is 0 Å². The van der Waals surface area contributed by atoms with Crippen LogP contribution in [0.15, 0.2) is 77.3 Å². The quantitative estimate of drug-likeness (QED) is 0.337. The van der Waals surface area contributed by atoms with Crippen molar-refractivity contribution < 1.29 is 13.6 Å². The third-order valence-electron chi connectivity index (χ3n) is 5.27. The summed E-state index contributed by atoms with van der Waals surface area (Å²) < 4.78 is 19.0. The molecule has 0 radical (unpaired) electrons. The first-order valence-electron chi connectivity index (χ1n) is 10.3. The lowest BCUT2D eigenvalue weighted by Crippen LogP contribution is -2.14. The van der Waals surface area contributed by atoms with E-state index in [2.05, 4.69) is 21.7 Å². The molecular weight excluding hydrogens is 419 g/mol. The summed E-state index contributed by atoms with van der Waals surface area (Å²) in [7, 11) is 0. The van der Waals surface area contributed by atoms with Gasteiger partial charge in [-0.1, -0.05) is 18.2 Å². The number of rotatable bonds is 8. The molecule has 164 valence electrons. The van der Waals surface area contributed by atoms with Crippen molar-refractivity contribution in [1.82, 2.24) is 4.98 Å². The zero-order valence-electron chi connectivity index (χ0n) is 17.9. The topological polar surface area (TPSA) is 91.0 Å². The average Bonchev–Trinajstić information content (AvgIpc) is 3.31. The molecule has 4 aromatic rings. The Hall–Kier alpha value is -4.44. The van der Waals surface area contributed by atoms with Gasteiger partial charge in [0.05, 0.1) is 23.7 Å². The first-order chi connectivity index (χ1) is 16.1. The molecule has 33 heavy (non-hydrogen) atoms. The minimum atomic E-state index is -0.398. The highest BCUT2D eigenvalue weighted by Crippen LogP contribution is 2.28. The molecule has 0 aliphatic rings. The standard InChI is InChI=1S/C26H21FN4O2/c1-17-2-11-23(29-14-21(16-32)19-7-9-22(27)10-8-19)12-24(17)31-26-30-15-25(33-26)20-5-3-18(13-28)4-6-20/h2-12,15-16,21,29H,14H2,1H3,(H,30,31). The monoisotopic (exact) mass is 440 g/mol. The molecule has 1 aromatic heterocycles. The van der Waals surface area contributed by atoms with Gasteiger partial charge in [-0.05, 0) is 66.6 Å². The average molecular weight is 440 g/mol. The predicted octanol–water partition coefficient (Wildman–Crippen LogP) is 5.80. The summed E-state index contributed by atoms with van der Waals surface area (Å²) >= 11 is 0. The molecule has 0 aliphatic heterocycles. The Labute approximate surface area is 190 Å². The van der Waals surface area contributed by atoms with Gasteiger partial charge in [-0.2, -0.15) is 5.26 Å². The molecule has 0 amide bonds. The zero-order valence-corrected chi connectivity index (χ0v) is 17.9. The second-order valence-electron chi connectivity index (χ2n) is 7.55. The highest BCUT2D eigenvalue weighted by atomic mass is 19.1. The number of oxazole rings is 1. The number of nitrogens with zero attached hydrogens (tertiary/aromatic N) is 2. The molecule has 1 unspecified atom stereocenters. The number of aldehydes is 1. The Morgan fingerprint density at radius 3 is 2.58 bits per heavy atom. The molecular formula is C26H21FN4O2. The van der Waals surface area contributed by atoms with E-state index in [9.17, 15) is 9.18 Å². The van der Waals surface area contributed by atoms with Crippen LogP contribution in [-0.4, -0.2) is 17.8 Å². The predicted molar refractivity (Wildman–Crippen MR) is 125 cm³/mol. The molecule has 1 atom stereocenters. The number of halogens is 1. The van der Waals surface area contributed by atoms with E-state index in [1.807, 2.05) is 37.3 Å². The number of nitrogens with one attached hydrogen (secondary N) is 2. The van der Waals surface area contributed by atoms with E-state index in [0.717, 1.165) is 34.4 Å². The van der Waals surface area contributed by atoms with Crippen molar-refractivity contribution in [2.45, 2.75) is 12.8 Å². The Morgan fingerprint density at radius 2 is 1.88 bits per heavy atom. The van der Waals surface area contributed by atoms with Crippen molar-refractivity contribution in [2.24, 2.45) is 0 Å². The van der Waals surface area contributed by atoms with Gasteiger partial charge in [0.2, 0.25) is 0 Å². The number of carbonyl (C=O) groups is 1. The highest BCUT2D eigenvalue weighted by Gasteiger charge is 2.12. The second-order valence-corrected chi connectivity index (χ2v) is 7.55. The lowest BCUT2D eigenvalue weighted by Gasteiger charge is -2.15. The van der Waals surface area contributed by atoms with Gasteiger partial charge in [-0.3, -0.25) is 0 Å². The van der Waals surface area contributed by atoms with Gasteiger partial charge < -0.3 is 19.8 Å². The molecule has 0 spiro atoms. The maximum Gasteiger partial charge on any atom is 0.299 e. The maximum atomic E-state index is 13.2. The first kappa shape index (κ1) is 21.8. The van der Waals surface area contributed by atoms with Crippen LogP contribution >= 0.6 is 0 Å². The van der Waals surface area contributed by atoms with Crippen LogP contribution in [0.3, 0.4) is 0 Å². The van der Waals surface area contributed by atoms with Crippen LogP contribution in [0.25, 0.3) is 11.3 Å². The Kier molecular flexibility index (Phi) is 6.46. The zero-order chi connectivity index (χ0) is 23.2. The van der Waals surface area contributed by atoms with Gasteiger partial charge in [0.15, 0.2) is 5.76 Å². The molecule has 7 heteroatoms. The van der Waals surface area contributed by atoms with Crippen molar-refractivity contribution in [2.75, 3.05) is 17.2 Å². The van der Waals surface area contributed by atoms with Crippen molar-refractivity contribution >= 4 is 23.7 Å². The van der Waals surface area contributed by atoms with Crippen LogP contribution in [0.5, 0.6) is 0 Å².